The largest absolute Gasteiger partial charge is 0.394 e. The Morgan fingerprint density at radius 3 is 2.76 bits per heavy atom. The molecule has 0 aliphatic heterocycles. The zero-order chi connectivity index (χ0) is 15.4. The zero-order valence-corrected chi connectivity index (χ0v) is 12.3. The van der Waals surface area contributed by atoms with E-state index in [4.69, 9.17) is 0 Å². The zero-order valence-electron chi connectivity index (χ0n) is 12.3. The molecule has 0 radical (unpaired) electrons. The van der Waals surface area contributed by atoms with Crippen LogP contribution in [-0.4, -0.2) is 43.9 Å². The lowest BCUT2D eigenvalue weighted by molar-refractivity contribution is 0.0897. The molecular formula is C14H19N5O2. The van der Waals surface area contributed by atoms with Crippen LogP contribution in [-0.2, 0) is 0 Å². The minimum atomic E-state index is -0.268. The number of aliphatic hydroxyl groups excluding tert-OH is 1. The lowest BCUT2D eigenvalue weighted by atomic mass is 10.0. The molecule has 2 rings (SSSR count). The molecular weight excluding hydrogens is 270 g/mol. The van der Waals surface area contributed by atoms with Gasteiger partial charge in [-0.05, 0) is 41.5 Å². The van der Waals surface area contributed by atoms with Crippen LogP contribution in [0.5, 0.6) is 0 Å². The van der Waals surface area contributed by atoms with Crippen molar-refractivity contribution in [2.45, 2.75) is 26.8 Å². The van der Waals surface area contributed by atoms with Gasteiger partial charge in [0.2, 0.25) is 0 Å². The molecule has 2 aromatic rings. The lowest BCUT2D eigenvalue weighted by Crippen LogP contribution is -2.41. The molecule has 7 heteroatoms. The molecule has 112 valence electrons. The number of aryl methyl sites for hydroxylation is 1. The van der Waals surface area contributed by atoms with Crippen LogP contribution in [0, 0.1) is 12.8 Å². The molecule has 1 unspecified atom stereocenters. The highest BCUT2D eigenvalue weighted by Gasteiger charge is 2.16. The van der Waals surface area contributed by atoms with Gasteiger partial charge in [-0.15, -0.1) is 5.10 Å². The van der Waals surface area contributed by atoms with Gasteiger partial charge in [-0.3, -0.25) is 4.79 Å². The summed E-state index contributed by atoms with van der Waals surface area (Å²) in [4.78, 5) is 12.2. The van der Waals surface area contributed by atoms with E-state index in [0.29, 0.717) is 11.4 Å². The average molecular weight is 289 g/mol. The van der Waals surface area contributed by atoms with Crippen LogP contribution in [0.4, 0.5) is 0 Å². The average Bonchev–Trinajstić information content (AvgIpc) is 2.90. The summed E-state index contributed by atoms with van der Waals surface area (Å²) in [5.41, 5.74) is 1.22. The predicted molar refractivity (Wildman–Crippen MR) is 77.1 cm³/mol. The monoisotopic (exact) mass is 289 g/mol. The highest BCUT2D eigenvalue weighted by molar-refractivity contribution is 5.94. The van der Waals surface area contributed by atoms with Gasteiger partial charge >= 0.3 is 0 Å². The van der Waals surface area contributed by atoms with Crippen molar-refractivity contribution in [3.8, 4) is 5.69 Å². The smallest absolute Gasteiger partial charge is 0.251 e. The third-order valence-electron chi connectivity index (χ3n) is 3.30. The maximum atomic E-state index is 12.2. The summed E-state index contributed by atoms with van der Waals surface area (Å²) in [5.74, 6) is 0.571. The number of rotatable bonds is 5. The van der Waals surface area contributed by atoms with Gasteiger partial charge in [-0.1, -0.05) is 19.9 Å². The van der Waals surface area contributed by atoms with Gasteiger partial charge in [0.05, 0.1) is 18.3 Å². The Labute approximate surface area is 123 Å². The van der Waals surface area contributed by atoms with Gasteiger partial charge < -0.3 is 10.4 Å². The van der Waals surface area contributed by atoms with Crippen LogP contribution in [0.1, 0.15) is 30.0 Å². The van der Waals surface area contributed by atoms with E-state index in [2.05, 4.69) is 20.8 Å². The minimum Gasteiger partial charge on any atom is -0.394 e. The number of nitrogens with one attached hydrogen (secondary N) is 1. The van der Waals surface area contributed by atoms with Crippen LogP contribution >= 0.6 is 0 Å². The van der Waals surface area contributed by atoms with Crippen LogP contribution < -0.4 is 5.32 Å². The second-order valence-corrected chi connectivity index (χ2v) is 5.19. The first kappa shape index (κ1) is 15.1. The van der Waals surface area contributed by atoms with Crippen LogP contribution in [0.2, 0.25) is 0 Å². The molecule has 0 fully saturated rings. The number of aliphatic hydroxyl groups is 1. The number of benzene rings is 1. The third-order valence-corrected chi connectivity index (χ3v) is 3.30. The minimum absolute atomic E-state index is 0.0881. The normalized spacial score (nSPS) is 12.4. The molecule has 0 saturated carbocycles. The van der Waals surface area contributed by atoms with E-state index in [1.54, 1.807) is 29.8 Å². The van der Waals surface area contributed by atoms with E-state index in [0.717, 1.165) is 5.69 Å². The molecule has 0 saturated heterocycles. The Kier molecular flexibility index (Phi) is 4.64. The highest BCUT2D eigenvalue weighted by atomic mass is 16.3. The summed E-state index contributed by atoms with van der Waals surface area (Å²) in [6, 6.07) is 6.76. The van der Waals surface area contributed by atoms with Crippen molar-refractivity contribution < 1.29 is 9.90 Å². The number of carbonyl (C=O) groups excluding carboxylic acids is 1. The molecule has 2 N–H and O–H groups in total. The first-order valence-corrected chi connectivity index (χ1v) is 6.80. The topological polar surface area (TPSA) is 92.9 Å². The summed E-state index contributed by atoms with van der Waals surface area (Å²) in [6.07, 6.45) is 0. The van der Waals surface area contributed by atoms with Gasteiger partial charge in [0, 0.05) is 5.56 Å². The van der Waals surface area contributed by atoms with Gasteiger partial charge in [0.15, 0.2) is 5.82 Å². The molecule has 1 heterocycles. The Bertz CT molecular complexity index is 623. The van der Waals surface area contributed by atoms with Crippen molar-refractivity contribution in [2.24, 2.45) is 5.92 Å². The van der Waals surface area contributed by atoms with Crippen molar-refractivity contribution >= 4 is 5.91 Å². The molecule has 1 aromatic heterocycles. The SMILES string of the molecule is Cc1nnnn1-c1cccc(C(=O)NC(CO)C(C)C)c1. The van der Waals surface area contributed by atoms with Crippen LogP contribution in [0.3, 0.4) is 0 Å². The summed E-state index contributed by atoms with van der Waals surface area (Å²) in [7, 11) is 0. The van der Waals surface area contributed by atoms with Gasteiger partial charge in [-0.25, -0.2) is 0 Å². The van der Waals surface area contributed by atoms with E-state index in [1.165, 1.54) is 0 Å². The second-order valence-electron chi connectivity index (χ2n) is 5.19. The lowest BCUT2D eigenvalue weighted by Gasteiger charge is -2.20. The van der Waals surface area contributed by atoms with E-state index >= 15 is 0 Å². The molecule has 1 atom stereocenters. The quantitative estimate of drug-likeness (QED) is 0.846. The van der Waals surface area contributed by atoms with Crippen LogP contribution in [0.25, 0.3) is 5.69 Å². The van der Waals surface area contributed by atoms with E-state index in [-0.39, 0.29) is 24.5 Å². The number of nitrogens with zero attached hydrogens (tertiary/aromatic N) is 4. The number of amides is 1. The fraction of sp³-hybridized carbons (Fsp3) is 0.429. The standard InChI is InChI=1S/C14H19N5O2/c1-9(2)13(8-20)15-14(21)11-5-4-6-12(7-11)19-10(3)16-17-18-19/h4-7,9,13,20H,8H2,1-3H3,(H,15,21). The molecule has 21 heavy (non-hydrogen) atoms. The molecule has 0 aliphatic rings. The van der Waals surface area contributed by atoms with E-state index < -0.39 is 0 Å². The summed E-state index contributed by atoms with van der Waals surface area (Å²) < 4.78 is 1.56. The number of hydrogen-bond acceptors (Lipinski definition) is 5. The molecule has 1 aromatic carbocycles. The highest BCUT2D eigenvalue weighted by Crippen LogP contribution is 2.11. The number of hydrogen-bond donors (Lipinski definition) is 2. The van der Waals surface area contributed by atoms with Crippen molar-refractivity contribution in [1.82, 2.24) is 25.5 Å². The van der Waals surface area contributed by atoms with Crippen molar-refractivity contribution in [3.63, 3.8) is 0 Å². The number of carbonyl (C=O) groups is 1. The Morgan fingerprint density at radius 2 is 2.19 bits per heavy atom. The fourth-order valence-electron chi connectivity index (χ4n) is 1.92. The van der Waals surface area contributed by atoms with Gasteiger partial charge in [0.1, 0.15) is 0 Å². The van der Waals surface area contributed by atoms with E-state index in [1.807, 2.05) is 19.9 Å². The Balaban J connectivity index is 2.21. The second kappa shape index (κ2) is 6.45. The van der Waals surface area contributed by atoms with Crippen molar-refractivity contribution in [1.29, 1.82) is 0 Å². The van der Waals surface area contributed by atoms with Crippen LogP contribution in [0.15, 0.2) is 24.3 Å². The summed E-state index contributed by atoms with van der Waals surface area (Å²) in [5, 5.41) is 23.4. The molecule has 0 bridgehead atoms. The van der Waals surface area contributed by atoms with E-state index in [9.17, 15) is 9.90 Å². The first-order valence-electron chi connectivity index (χ1n) is 6.80. The third kappa shape index (κ3) is 3.43. The fourth-order valence-corrected chi connectivity index (χ4v) is 1.92. The summed E-state index contributed by atoms with van der Waals surface area (Å²) >= 11 is 0. The maximum Gasteiger partial charge on any atom is 0.251 e. The Hall–Kier alpha value is -2.28. The van der Waals surface area contributed by atoms with Gasteiger partial charge in [0.25, 0.3) is 5.91 Å². The summed E-state index contributed by atoms with van der Waals surface area (Å²) in [6.45, 7) is 5.59. The number of aromatic nitrogens is 4. The number of tetrazole rings is 1. The maximum absolute atomic E-state index is 12.2. The molecule has 0 aliphatic carbocycles. The van der Waals surface area contributed by atoms with Crippen molar-refractivity contribution in [3.05, 3.63) is 35.7 Å². The van der Waals surface area contributed by atoms with Gasteiger partial charge in [-0.2, -0.15) is 4.68 Å². The Morgan fingerprint density at radius 1 is 1.43 bits per heavy atom. The molecule has 1 amide bonds. The first-order chi connectivity index (χ1) is 10.0. The molecule has 0 spiro atoms. The van der Waals surface area contributed by atoms with Crippen molar-refractivity contribution in [2.75, 3.05) is 6.61 Å². The predicted octanol–water partition coefficient (Wildman–Crippen LogP) is 0.717. The molecule has 7 nitrogen and oxygen atoms in total.